The van der Waals surface area contributed by atoms with Gasteiger partial charge < -0.3 is 5.73 Å². The number of amides is 1. The number of rotatable bonds is 5. The number of pyridine rings is 1. The summed E-state index contributed by atoms with van der Waals surface area (Å²) in [5.74, 6) is -0.998. The van der Waals surface area contributed by atoms with E-state index >= 15 is 0 Å². The van der Waals surface area contributed by atoms with Crippen molar-refractivity contribution < 1.29 is 13.6 Å². The molecule has 0 bridgehead atoms. The first-order valence-electron chi connectivity index (χ1n) is 8.35. The van der Waals surface area contributed by atoms with Gasteiger partial charge in [-0.05, 0) is 42.0 Å². The number of halogens is 2. The number of hydrogen-bond acceptors (Lipinski definition) is 4. The van der Waals surface area contributed by atoms with Gasteiger partial charge >= 0.3 is 0 Å². The monoisotopic (exact) mass is 396 g/mol. The predicted octanol–water partition coefficient (Wildman–Crippen LogP) is 3.85. The number of benzene rings is 2. The number of carbonyl (C=O) groups is 1. The Hall–Kier alpha value is -3.26. The molecule has 0 radical (unpaired) electrons. The Balaban J connectivity index is 1.61. The Morgan fingerprint density at radius 1 is 1.04 bits per heavy atom. The summed E-state index contributed by atoms with van der Waals surface area (Å²) in [5.41, 5.74) is 7.30. The lowest BCUT2D eigenvalue weighted by Gasteiger charge is -2.06. The SMILES string of the molecule is NC(=O)c1ccc(Cc2nnc3ccc(Sc4ccc(F)cc4F)cn23)cc1. The van der Waals surface area contributed by atoms with E-state index in [1.54, 1.807) is 18.2 Å². The molecule has 1 amide bonds. The second-order valence-corrected chi connectivity index (χ2v) is 7.24. The van der Waals surface area contributed by atoms with E-state index in [9.17, 15) is 13.6 Å². The average Bonchev–Trinajstić information content (AvgIpc) is 3.07. The molecule has 2 aromatic heterocycles. The van der Waals surface area contributed by atoms with Crippen molar-refractivity contribution in [1.82, 2.24) is 14.6 Å². The number of primary amides is 1. The molecule has 2 aromatic carbocycles. The lowest BCUT2D eigenvalue weighted by molar-refractivity contribution is 0.100. The number of fused-ring (bicyclic) bond motifs is 1. The Labute approximate surface area is 163 Å². The largest absolute Gasteiger partial charge is 0.366 e. The molecular formula is C20H14F2N4OS. The summed E-state index contributed by atoms with van der Waals surface area (Å²) in [5, 5.41) is 8.36. The van der Waals surface area contributed by atoms with Gasteiger partial charge in [-0.25, -0.2) is 8.78 Å². The number of aromatic nitrogens is 3. The molecule has 4 rings (SSSR count). The van der Waals surface area contributed by atoms with Crippen LogP contribution in [0.5, 0.6) is 0 Å². The first kappa shape index (κ1) is 18.1. The van der Waals surface area contributed by atoms with Crippen LogP contribution < -0.4 is 5.73 Å². The summed E-state index contributed by atoms with van der Waals surface area (Å²) in [6, 6.07) is 14.1. The first-order chi connectivity index (χ1) is 13.5. The lowest BCUT2D eigenvalue weighted by atomic mass is 10.1. The first-order valence-corrected chi connectivity index (χ1v) is 9.16. The van der Waals surface area contributed by atoms with Crippen LogP contribution in [0.25, 0.3) is 5.65 Å². The van der Waals surface area contributed by atoms with Gasteiger partial charge in [0.15, 0.2) is 5.65 Å². The molecule has 0 aliphatic heterocycles. The summed E-state index contributed by atoms with van der Waals surface area (Å²) >= 11 is 1.19. The molecule has 8 heteroatoms. The molecule has 2 N–H and O–H groups in total. The fourth-order valence-electron chi connectivity index (χ4n) is 2.75. The molecular weight excluding hydrogens is 382 g/mol. The summed E-state index contributed by atoms with van der Waals surface area (Å²) in [6.07, 6.45) is 2.31. The molecule has 5 nitrogen and oxygen atoms in total. The third-order valence-corrected chi connectivity index (χ3v) is 5.20. The van der Waals surface area contributed by atoms with Crippen molar-refractivity contribution in [3.05, 3.63) is 89.4 Å². The van der Waals surface area contributed by atoms with Crippen molar-refractivity contribution in [3.8, 4) is 0 Å². The highest BCUT2D eigenvalue weighted by atomic mass is 32.2. The van der Waals surface area contributed by atoms with Gasteiger partial charge in [-0.15, -0.1) is 10.2 Å². The molecule has 0 saturated carbocycles. The predicted molar refractivity (Wildman–Crippen MR) is 101 cm³/mol. The van der Waals surface area contributed by atoms with Crippen molar-refractivity contribution in [2.45, 2.75) is 16.2 Å². The van der Waals surface area contributed by atoms with E-state index < -0.39 is 17.5 Å². The van der Waals surface area contributed by atoms with E-state index in [-0.39, 0.29) is 0 Å². The van der Waals surface area contributed by atoms with Crippen molar-refractivity contribution in [2.75, 3.05) is 0 Å². The molecule has 0 fully saturated rings. The molecule has 140 valence electrons. The van der Waals surface area contributed by atoms with Crippen LogP contribution in [0.15, 0.2) is 70.6 Å². The highest BCUT2D eigenvalue weighted by Gasteiger charge is 2.10. The molecule has 4 aromatic rings. The maximum Gasteiger partial charge on any atom is 0.248 e. The molecule has 0 aliphatic carbocycles. The quantitative estimate of drug-likeness (QED) is 0.556. The molecule has 0 saturated heterocycles. The number of nitrogens with zero attached hydrogens (tertiary/aromatic N) is 3. The Morgan fingerprint density at radius 3 is 2.54 bits per heavy atom. The zero-order valence-corrected chi connectivity index (χ0v) is 15.3. The normalized spacial score (nSPS) is 11.1. The summed E-state index contributed by atoms with van der Waals surface area (Å²) in [6.45, 7) is 0. The smallest absolute Gasteiger partial charge is 0.248 e. The molecule has 0 atom stereocenters. The van der Waals surface area contributed by atoms with Crippen molar-refractivity contribution in [2.24, 2.45) is 5.73 Å². The van der Waals surface area contributed by atoms with Gasteiger partial charge in [-0.3, -0.25) is 9.20 Å². The molecule has 28 heavy (non-hydrogen) atoms. The summed E-state index contributed by atoms with van der Waals surface area (Å²) in [7, 11) is 0. The number of carbonyl (C=O) groups excluding carboxylic acids is 1. The minimum Gasteiger partial charge on any atom is -0.366 e. The second kappa shape index (κ2) is 7.40. The molecule has 0 unspecified atom stereocenters. The van der Waals surface area contributed by atoms with Crippen LogP contribution in [0.3, 0.4) is 0 Å². The van der Waals surface area contributed by atoms with Gasteiger partial charge in [0, 0.05) is 34.0 Å². The van der Waals surface area contributed by atoms with Crippen LogP contribution in [0.1, 0.15) is 21.7 Å². The molecule has 2 heterocycles. The topological polar surface area (TPSA) is 73.3 Å². The molecule has 0 spiro atoms. The second-order valence-electron chi connectivity index (χ2n) is 6.12. The van der Waals surface area contributed by atoms with E-state index in [1.165, 1.54) is 23.9 Å². The van der Waals surface area contributed by atoms with Gasteiger partial charge in [0.1, 0.15) is 17.5 Å². The highest BCUT2D eigenvalue weighted by Crippen LogP contribution is 2.30. The highest BCUT2D eigenvalue weighted by molar-refractivity contribution is 7.99. The Kier molecular flexibility index (Phi) is 4.79. The van der Waals surface area contributed by atoms with Crippen LogP contribution in [-0.2, 0) is 6.42 Å². The maximum absolute atomic E-state index is 13.9. The van der Waals surface area contributed by atoms with Gasteiger partial charge in [-0.2, -0.15) is 0 Å². The number of nitrogens with two attached hydrogens (primary N) is 1. The summed E-state index contributed by atoms with van der Waals surface area (Å²) < 4.78 is 28.8. The van der Waals surface area contributed by atoms with Gasteiger partial charge in [0.25, 0.3) is 0 Å². The minimum absolute atomic E-state index is 0.331. The van der Waals surface area contributed by atoms with E-state index in [4.69, 9.17) is 5.73 Å². The lowest BCUT2D eigenvalue weighted by Crippen LogP contribution is -2.10. The Bertz CT molecular complexity index is 1170. The van der Waals surface area contributed by atoms with Crippen molar-refractivity contribution in [3.63, 3.8) is 0 Å². The standard InChI is InChI=1S/C20H14F2N4OS/c21-14-5-7-17(16(22)10-14)28-15-6-8-18-24-25-19(26(18)11-15)9-12-1-3-13(4-2-12)20(23)27/h1-8,10-11H,9H2,(H2,23,27). The fraction of sp³-hybridized carbons (Fsp3) is 0.0500. The van der Waals surface area contributed by atoms with Crippen LogP contribution in [0.4, 0.5) is 8.78 Å². The molecule has 0 aliphatic rings. The third-order valence-electron chi connectivity index (χ3n) is 4.17. The van der Waals surface area contributed by atoms with E-state index in [0.29, 0.717) is 28.4 Å². The van der Waals surface area contributed by atoms with Gasteiger partial charge in [-0.1, -0.05) is 23.9 Å². The fourth-order valence-corrected chi connectivity index (χ4v) is 3.59. The maximum atomic E-state index is 13.9. The van der Waals surface area contributed by atoms with Crippen LogP contribution in [0.2, 0.25) is 0 Å². The van der Waals surface area contributed by atoms with Crippen LogP contribution in [0, 0.1) is 11.6 Å². The summed E-state index contributed by atoms with van der Waals surface area (Å²) in [4.78, 5) is 12.3. The van der Waals surface area contributed by atoms with Crippen molar-refractivity contribution >= 4 is 23.3 Å². The van der Waals surface area contributed by atoms with Gasteiger partial charge in [0.05, 0.1) is 0 Å². The number of hydrogen-bond donors (Lipinski definition) is 1. The Morgan fingerprint density at radius 2 is 1.82 bits per heavy atom. The zero-order chi connectivity index (χ0) is 19.7. The van der Waals surface area contributed by atoms with Crippen molar-refractivity contribution in [1.29, 1.82) is 0 Å². The third kappa shape index (κ3) is 3.72. The zero-order valence-electron chi connectivity index (χ0n) is 14.5. The van der Waals surface area contributed by atoms with Crippen LogP contribution in [-0.4, -0.2) is 20.5 Å². The minimum atomic E-state index is -0.610. The van der Waals surface area contributed by atoms with E-state index in [1.807, 2.05) is 28.8 Å². The van der Waals surface area contributed by atoms with E-state index in [2.05, 4.69) is 10.2 Å². The van der Waals surface area contributed by atoms with Gasteiger partial charge in [0.2, 0.25) is 5.91 Å². The van der Waals surface area contributed by atoms with E-state index in [0.717, 1.165) is 16.5 Å². The average molecular weight is 396 g/mol. The van der Waals surface area contributed by atoms with Crippen LogP contribution >= 0.6 is 11.8 Å².